The highest BCUT2D eigenvalue weighted by Gasteiger charge is 1.85. The zero-order chi connectivity index (χ0) is 5.82. The Morgan fingerprint density at radius 1 is 1.50 bits per heavy atom. The minimum Gasteiger partial charge on any atom is -0.200 e. The van der Waals surface area contributed by atoms with Crippen LogP contribution in [0.3, 0.4) is 0 Å². The van der Waals surface area contributed by atoms with E-state index in [0.717, 1.165) is 0 Å². The van der Waals surface area contributed by atoms with Gasteiger partial charge in [-0.05, 0) is 11.5 Å². The Kier molecular flexibility index (Phi) is 2.11. The van der Waals surface area contributed by atoms with Crippen molar-refractivity contribution < 1.29 is 0 Å². The molecule has 0 saturated heterocycles. The molecule has 3 heteroatoms. The van der Waals surface area contributed by atoms with Gasteiger partial charge >= 0.3 is 0 Å². The molecule has 0 aliphatic carbocycles. The summed E-state index contributed by atoms with van der Waals surface area (Å²) in [6.45, 7) is 0. The van der Waals surface area contributed by atoms with Crippen molar-refractivity contribution in [2.24, 2.45) is 4.40 Å². The van der Waals surface area contributed by atoms with Crippen molar-refractivity contribution in [2.75, 3.05) is 0 Å². The Balaban J connectivity index is 2.69. The maximum Gasteiger partial charge on any atom is 0.134 e. The number of allylic oxidation sites excluding steroid dienone is 2. The summed E-state index contributed by atoms with van der Waals surface area (Å²) in [5, 5.41) is 2.54. The number of rotatable bonds is 0. The molecule has 0 unspecified atom stereocenters. The molecule has 0 spiro atoms. The maximum atomic E-state index is 4.78. The molecule has 0 amide bonds. The molecular weight excluding hydrogens is 138 g/mol. The number of nitrogens with zero attached hydrogens (tertiary/aromatic N) is 1. The molecule has 8 heavy (non-hydrogen) atoms. The van der Waals surface area contributed by atoms with Crippen LogP contribution in [0.1, 0.15) is 0 Å². The highest BCUT2D eigenvalue weighted by Crippen LogP contribution is 2.09. The fourth-order valence-corrected chi connectivity index (χ4v) is 0.925. The van der Waals surface area contributed by atoms with E-state index in [2.05, 4.69) is 4.40 Å². The first-order valence-corrected chi connectivity index (χ1v) is 3.38. The fraction of sp³-hybridized carbons (Fsp3) is 0. The normalized spacial score (nSPS) is 17.8. The van der Waals surface area contributed by atoms with Crippen LogP contribution in [0.5, 0.6) is 0 Å². The monoisotopic (exact) mass is 142 g/mol. The molecule has 1 nitrogen and oxygen atoms in total. The van der Waals surface area contributed by atoms with E-state index in [-0.39, 0.29) is 0 Å². The van der Waals surface area contributed by atoms with Crippen LogP contribution in [0.4, 0.5) is 0 Å². The van der Waals surface area contributed by atoms with E-state index in [1.807, 2.05) is 17.6 Å². The Morgan fingerprint density at radius 2 is 2.38 bits per heavy atom. The molecule has 0 aromatic carbocycles. The van der Waals surface area contributed by atoms with Crippen molar-refractivity contribution >= 4 is 29.6 Å². The van der Waals surface area contributed by atoms with Crippen molar-refractivity contribution in [1.29, 1.82) is 0 Å². The Hall–Kier alpha value is -0.280. The molecule has 1 rings (SSSR count). The van der Waals surface area contributed by atoms with Crippen molar-refractivity contribution in [1.82, 2.24) is 0 Å². The number of hydrogen-bond acceptors (Lipinski definition) is 2. The van der Waals surface area contributed by atoms with Gasteiger partial charge in [-0.1, -0.05) is 24.8 Å². The van der Waals surface area contributed by atoms with Crippen LogP contribution in [0.15, 0.2) is 28.0 Å². The minimum atomic E-state index is 0.653. The van der Waals surface area contributed by atoms with Crippen molar-refractivity contribution in [2.45, 2.75) is 0 Å². The first kappa shape index (κ1) is 5.85. The molecule has 41 valence electrons. The summed E-state index contributed by atoms with van der Waals surface area (Å²) in [6, 6.07) is 0. The maximum absolute atomic E-state index is 4.78. The molecule has 0 bridgehead atoms. The smallest absolute Gasteiger partial charge is 0.134 e. The van der Waals surface area contributed by atoms with E-state index >= 15 is 0 Å². The molecule has 0 aromatic heterocycles. The van der Waals surface area contributed by atoms with Gasteiger partial charge in [0.15, 0.2) is 0 Å². The number of hydrogen-bond donors (Lipinski definition) is 0. The molecule has 1 radical (unpaired) electrons. The lowest BCUT2D eigenvalue weighted by molar-refractivity contribution is 1.98. The van der Waals surface area contributed by atoms with Gasteiger partial charge in [0.1, 0.15) is 5.04 Å². The van der Waals surface area contributed by atoms with Crippen LogP contribution >= 0.6 is 24.6 Å². The van der Waals surface area contributed by atoms with Crippen LogP contribution in [0, 0.1) is 0 Å². The molecular formula is C5H4NS2. The molecule has 1 aliphatic heterocycles. The van der Waals surface area contributed by atoms with Gasteiger partial charge < -0.3 is 0 Å². The molecule has 0 atom stereocenters. The van der Waals surface area contributed by atoms with E-state index in [1.165, 1.54) is 11.9 Å². The summed E-state index contributed by atoms with van der Waals surface area (Å²) in [4.78, 5) is 0. The van der Waals surface area contributed by atoms with E-state index in [1.54, 1.807) is 6.08 Å². The molecule has 0 aromatic rings. The van der Waals surface area contributed by atoms with E-state index < -0.39 is 0 Å². The van der Waals surface area contributed by atoms with Gasteiger partial charge in [0.2, 0.25) is 0 Å². The first-order valence-electron chi connectivity index (χ1n) is 2.13. The minimum absolute atomic E-state index is 0.653. The van der Waals surface area contributed by atoms with Gasteiger partial charge in [-0.25, -0.2) is 4.40 Å². The average Bonchev–Trinajstić information content (AvgIpc) is 1.94. The van der Waals surface area contributed by atoms with Crippen LogP contribution in [0.2, 0.25) is 0 Å². The lowest BCUT2D eigenvalue weighted by atomic mass is 10.5. The highest BCUT2D eigenvalue weighted by molar-refractivity contribution is 8.03. The van der Waals surface area contributed by atoms with Crippen LogP contribution in [0.25, 0.3) is 0 Å². The summed E-state index contributed by atoms with van der Waals surface area (Å²) >= 11 is 6.14. The zero-order valence-electron chi connectivity index (χ0n) is 4.07. The van der Waals surface area contributed by atoms with Crippen molar-refractivity contribution in [3.8, 4) is 0 Å². The van der Waals surface area contributed by atoms with Crippen LogP contribution < -0.4 is 0 Å². The second-order valence-electron chi connectivity index (χ2n) is 1.22. The fourth-order valence-electron chi connectivity index (χ4n) is 0.331. The van der Waals surface area contributed by atoms with Gasteiger partial charge in [-0.15, -0.1) is 0 Å². The standard InChI is InChI=1S/C5H4NS2/c7-5-3-1-2-4-8-6-5/h1-4H. The zero-order valence-corrected chi connectivity index (χ0v) is 5.71. The second-order valence-corrected chi connectivity index (χ2v) is 2.31. The third-order valence-corrected chi connectivity index (χ3v) is 1.56. The quantitative estimate of drug-likeness (QED) is 0.473. The summed E-state index contributed by atoms with van der Waals surface area (Å²) in [6.07, 6.45) is 5.59. The molecule has 0 fully saturated rings. The molecule has 0 N–H and O–H groups in total. The van der Waals surface area contributed by atoms with Crippen molar-refractivity contribution in [3.63, 3.8) is 0 Å². The second kappa shape index (κ2) is 2.89. The predicted molar refractivity (Wildman–Crippen MR) is 40.9 cm³/mol. The van der Waals surface area contributed by atoms with Gasteiger partial charge in [0.25, 0.3) is 0 Å². The van der Waals surface area contributed by atoms with E-state index in [0.29, 0.717) is 5.04 Å². The highest BCUT2D eigenvalue weighted by atomic mass is 32.2. The average molecular weight is 142 g/mol. The van der Waals surface area contributed by atoms with Gasteiger partial charge in [0.05, 0.1) is 0 Å². The third kappa shape index (κ3) is 1.68. The third-order valence-electron chi connectivity index (χ3n) is 0.632. The van der Waals surface area contributed by atoms with E-state index in [4.69, 9.17) is 12.6 Å². The Bertz CT molecular complexity index is 155. The van der Waals surface area contributed by atoms with E-state index in [9.17, 15) is 0 Å². The topological polar surface area (TPSA) is 12.4 Å². The van der Waals surface area contributed by atoms with Gasteiger partial charge in [0, 0.05) is 11.9 Å². The molecule has 1 heterocycles. The van der Waals surface area contributed by atoms with Crippen LogP contribution in [-0.2, 0) is 0 Å². The largest absolute Gasteiger partial charge is 0.200 e. The Morgan fingerprint density at radius 3 is 3.25 bits per heavy atom. The SMILES string of the molecule is [S]C1=NSC=CC=C1. The predicted octanol–water partition coefficient (Wildman–Crippen LogP) is 2.31. The van der Waals surface area contributed by atoms with Crippen LogP contribution in [-0.4, -0.2) is 5.04 Å². The molecule has 0 saturated carbocycles. The summed E-state index contributed by atoms with van der Waals surface area (Å²) < 4.78 is 3.90. The Labute approximate surface area is 58.1 Å². The lowest BCUT2D eigenvalue weighted by Gasteiger charge is -1.78. The molecule has 1 aliphatic rings. The van der Waals surface area contributed by atoms with Gasteiger partial charge in [-0.2, -0.15) is 0 Å². The summed E-state index contributed by atoms with van der Waals surface area (Å²) in [5.41, 5.74) is 0. The van der Waals surface area contributed by atoms with Crippen molar-refractivity contribution in [3.05, 3.63) is 23.6 Å². The van der Waals surface area contributed by atoms with Gasteiger partial charge in [-0.3, -0.25) is 0 Å². The first-order chi connectivity index (χ1) is 3.89. The summed E-state index contributed by atoms with van der Waals surface area (Å²) in [7, 11) is 0. The summed E-state index contributed by atoms with van der Waals surface area (Å²) in [5.74, 6) is 0. The lowest BCUT2D eigenvalue weighted by Crippen LogP contribution is -1.71.